The van der Waals surface area contributed by atoms with Crippen molar-refractivity contribution in [2.75, 3.05) is 0 Å². The summed E-state index contributed by atoms with van der Waals surface area (Å²) in [6.45, 7) is 0. The highest BCUT2D eigenvalue weighted by atomic mass is 15.0. The van der Waals surface area contributed by atoms with E-state index in [1.54, 1.807) is 0 Å². The summed E-state index contributed by atoms with van der Waals surface area (Å²) >= 11 is 0. The largest absolute Gasteiger partial charge is 0.236 e. The standard InChI is InChI=1S/C42H28N4/c1-5-13-29(14-6-1)33-21-34(30-15-7-2-8-16-30)24-37(23-33)40-43-27-39-28-44-41(46-42(39)45-40)38-25-35(31-17-9-3-10-18-31)22-36(26-38)32-19-11-4-12-20-32/h1-28H. The molecule has 0 fully saturated rings. The molecule has 4 heteroatoms. The second kappa shape index (κ2) is 12.0. The van der Waals surface area contributed by atoms with Crippen LogP contribution in [0.25, 0.3) is 78.3 Å². The summed E-state index contributed by atoms with van der Waals surface area (Å²) in [6, 6.07) is 54.7. The molecule has 2 heterocycles. The molecule has 216 valence electrons. The van der Waals surface area contributed by atoms with Gasteiger partial charge in [0.2, 0.25) is 0 Å². The third-order valence-electron chi connectivity index (χ3n) is 8.14. The van der Waals surface area contributed by atoms with Crippen LogP contribution in [0.2, 0.25) is 0 Å². The number of hydrogen-bond acceptors (Lipinski definition) is 4. The average Bonchev–Trinajstić information content (AvgIpc) is 3.15. The number of nitrogens with zero attached hydrogens (tertiary/aromatic N) is 4. The van der Waals surface area contributed by atoms with Crippen LogP contribution in [0.5, 0.6) is 0 Å². The molecule has 6 aromatic carbocycles. The fraction of sp³-hybridized carbons (Fsp3) is 0. The van der Waals surface area contributed by atoms with Gasteiger partial charge in [0.25, 0.3) is 0 Å². The van der Waals surface area contributed by atoms with Crippen LogP contribution < -0.4 is 0 Å². The van der Waals surface area contributed by atoms with E-state index in [0.29, 0.717) is 17.3 Å². The van der Waals surface area contributed by atoms with E-state index in [1.165, 1.54) is 0 Å². The normalized spacial score (nSPS) is 11.0. The third-order valence-corrected chi connectivity index (χ3v) is 8.14. The van der Waals surface area contributed by atoms with Gasteiger partial charge in [-0.2, -0.15) is 0 Å². The molecular weight excluding hydrogens is 560 g/mol. The molecule has 0 N–H and O–H groups in total. The number of rotatable bonds is 6. The van der Waals surface area contributed by atoms with Gasteiger partial charge in [0, 0.05) is 23.5 Å². The molecule has 0 saturated carbocycles. The lowest BCUT2D eigenvalue weighted by molar-refractivity contribution is 1.14. The van der Waals surface area contributed by atoms with E-state index >= 15 is 0 Å². The monoisotopic (exact) mass is 588 g/mol. The minimum atomic E-state index is 0.604. The van der Waals surface area contributed by atoms with Crippen LogP contribution in [0, 0.1) is 0 Å². The fourth-order valence-corrected chi connectivity index (χ4v) is 5.80. The maximum Gasteiger partial charge on any atom is 0.167 e. The van der Waals surface area contributed by atoms with Gasteiger partial charge in [-0.15, -0.1) is 0 Å². The Hall–Kier alpha value is -6.26. The Bertz CT molecular complexity index is 2010. The molecule has 2 aromatic heterocycles. The quantitative estimate of drug-likeness (QED) is 0.194. The lowest BCUT2D eigenvalue weighted by atomic mass is 9.95. The summed E-state index contributed by atoms with van der Waals surface area (Å²) in [7, 11) is 0. The third kappa shape index (κ3) is 5.56. The van der Waals surface area contributed by atoms with Gasteiger partial charge < -0.3 is 0 Å². The summed E-state index contributed by atoms with van der Waals surface area (Å²) in [6.07, 6.45) is 3.63. The summed E-state index contributed by atoms with van der Waals surface area (Å²) in [4.78, 5) is 19.5. The molecule has 0 aliphatic carbocycles. The SMILES string of the molecule is c1ccc(-c2cc(-c3ccccc3)cc(-c3ncc4cnc(-c5cc(-c6ccccc6)cc(-c6ccccc6)c5)nc4n3)c2)cc1. The molecule has 0 aliphatic rings. The van der Waals surface area contributed by atoms with Gasteiger partial charge in [-0.05, 0) is 80.9 Å². The lowest BCUT2D eigenvalue weighted by Crippen LogP contribution is -1.97. The Balaban J connectivity index is 1.25. The molecule has 0 amide bonds. The average molecular weight is 589 g/mol. The number of benzene rings is 6. The molecule has 8 rings (SSSR count). The predicted molar refractivity (Wildman–Crippen MR) is 188 cm³/mol. The molecule has 0 saturated heterocycles. The highest BCUT2D eigenvalue weighted by Gasteiger charge is 2.13. The summed E-state index contributed by atoms with van der Waals surface area (Å²) < 4.78 is 0. The van der Waals surface area contributed by atoms with Crippen LogP contribution in [0.15, 0.2) is 170 Å². The van der Waals surface area contributed by atoms with E-state index in [0.717, 1.165) is 61.0 Å². The highest BCUT2D eigenvalue weighted by Crippen LogP contribution is 2.34. The van der Waals surface area contributed by atoms with Crippen molar-refractivity contribution < 1.29 is 0 Å². The Morgan fingerprint density at radius 3 is 0.870 bits per heavy atom. The molecule has 0 atom stereocenters. The molecule has 0 aliphatic heterocycles. The number of aromatic nitrogens is 4. The molecule has 4 nitrogen and oxygen atoms in total. The van der Waals surface area contributed by atoms with Crippen LogP contribution in [0.3, 0.4) is 0 Å². The molecule has 0 bridgehead atoms. The van der Waals surface area contributed by atoms with Gasteiger partial charge >= 0.3 is 0 Å². The maximum atomic E-state index is 5.00. The molecule has 0 unspecified atom stereocenters. The Labute approximate surface area is 267 Å². The number of hydrogen-bond donors (Lipinski definition) is 0. The van der Waals surface area contributed by atoms with E-state index in [2.05, 4.69) is 133 Å². The molecule has 0 radical (unpaired) electrons. The van der Waals surface area contributed by atoms with E-state index < -0.39 is 0 Å². The van der Waals surface area contributed by atoms with Crippen LogP contribution in [0.1, 0.15) is 0 Å². The maximum absolute atomic E-state index is 5.00. The van der Waals surface area contributed by atoms with Crippen molar-refractivity contribution in [2.45, 2.75) is 0 Å². The van der Waals surface area contributed by atoms with Crippen molar-refractivity contribution in [1.82, 2.24) is 19.9 Å². The molecule has 8 aromatic rings. The van der Waals surface area contributed by atoms with Gasteiger partial charge in [-0.25, -0.2) is 19.9 Å². The first kappa shape index (κ1) is 27.3. The fourth-order valence-electron chi connectivity index (χ4n) is 5.80. The summed E-state index contributed by atoms with van der Waals surface area (Å²) in [5.74, 6) is 1.24. The topological polar surface area (TPSA) is 51.6 Å². The second-order valence-corrected chi connectivity index (χ2v) is 11.2. The van der Waals surface area contributed by atoms with Crippen LogP contribution in [-0.4, -0.2) is 19.9 Å². The van der Waals surface area contributed by atoms with Crippen molar-refractivity contribution in [3.8, 4) is 67.3 Å². The van der Waals surface area contributed by atoms with Crippen LogP contribution >= 0.6 is 0 Å². The Morgan fingerprint density at radius 1 is 0.283 bits per heavy atom. The molecule has 0 spiro atoms. The predicted octanol–water partition coefficient (Wildman–Crippen LogP) is 10.4. The second-order valence-electron chi connectivity index (χ2n) is 11.2. The zero-order valence-corrected chi connectivity index (χ0v) is 25.0. The zero-order valence-electron chi connectivity index (χ0n) is 25.0. The van der Waals surface area contributed by atoms with E-state index in [4.69, 9.17) is 19.9 Å². The smallest absolute Gasteiger partial charge is 0.167 e. The first-order chi connectivity index (χ1) is 22.8. The minimum Gasteiger partial charge on any atom is -0.236 e. The first-order valence-electron chi connectivity index (χ1n) is 15.3. The number of fused-ring (bicyclic) bond motifs is 1. The lowest BCUT2D eigenvalue weighted by Gasteiger charge is -2.12. The first-order valence-corrected chi connectivity index (χ1v) is 15.3. The van der Waals surface area contributed by atoms with Crippen LogP contribution in [-0.2, 0) is 0 Å². The summed E-state index contributed by atoms with van der Waals surface area (Å²) in [5, 5.41) is 0.789. The van der Waals surface area contributed by atoms with Gasteiger partial charge in [-0.3, -0.25) is 0 Å². The van der Waals surface area contributed by atoms with Gasteiger partial charge in [0.1, 0.15) is 0 Å². The zero-order chi connectivity index (χ0) is 30.7. The Morgan fingerprint density at radius 2 is 0.565 bits per heavy atom. The van der Waals surface area contributed by atoms with E-state index in [9.17, 15) is 0 Å². The van der Waals surface area contributed by atoms with Gasteiger partial charge in [0.05, 0.1) is 5.39 Å². The van der Waals surface area contributed by atoms with Crippen molar-refractivity contribution >= 4 is 11.0 Å². The van der Waals surface area contributed by atoms with Crippen molar-refractivity contribution in [2.24, 2.45) is 0 Å². The minimum absolute atomic E-state index is 0.604. The van der Waals surface area contributed by atoms with E-state index in [1.807, 2.05) is 36.7 Å². The van der Waals surface area contributed by atoms with Crippen molar-refractivity contribution in [3.05, 3.63) is 170 Å². The van der Waals surface area contributed by atoms with E-state index in [-0.39, 0.29) is 0 Å². The highest BCUT2D eigenvalue weighted by molar-refractivity contribution is 5.84. The Kier molecular flexibility index (Phi) is 7.14. The van der Waals surface area contributed by atoms with Crippen molar-refractivity contribution in [3.63, 3.8) is 0 Å². The van der Waals surface area contributed by atoms with Crippen LogP contribution in [0.4, 0.5) is 0 Å². The summed E-state index contributed by atoms with van der Waals surface area (Å²) in [5.41, 5.74) is 11.4. The van der Waals surface area contributed by atoms with Gasteiger partial charge in [-0.1, -0.05) is 121 Å². The van der Waals surface area contributed by atoms with Crippen molar-refractivity contribution in [1.29, 1.82) is 0 Å². The molecule has 46 heavy (non-hydrogen) atoms. The van der Waals surface area contributed by atoms with Gasteiger partial charge in [0.15, 0.2) is 17.3 Å². The molecular formula is C42H28N4.